The lowest BCUT2D eigenvalue weighted by Gasteiger charge is -2.31. The van der Waals surface area contributed by atoms with Gasteiger partial charge >= 0.3 is 0 Å². The van der Waals surface area contributed by atoms with Crippen LogP contribution in [0.15, 0.2) is 82.6 Å². The Bertz CT molecular complexity index is 1330. The summed E-state index contributed by atoms with van der Waals surface area (Å²) in [6.07, 6.45) is 2.69. The number of ketones is 1. The molecule has 0 aromatic heterocycles. The zero-order valence-electron chi connectivity index (χ0n) is 19.7. The number of piperidine rings is 1. The van der Waals surface area contributed by atoms with Crippen molar-refractivity contribution in [3.63, 3.8) is 0 Å². The lowest BCUT2D eigenvalue weighted by atomic mass is 9.96. The third-order valence-corrected chi connectivity index (χ3v) is 9.11. The molecule has 0 spiro atoms. The molecule has 1 amide bonds. The van der Waals surface area contributed by atoms with Gasteiger partial charge in [-0.3, -0.25) is 9.59 Å². The van der Waals surface area contributed by atoms with Gasteiger partial charge in [0.25, 0.3) is 0 Å². The molecule has 0 saturated carbocycles. The van der Waals surface area contributed by atoms with Gasteiger partial charge in [0.15, 0.2) is 5.78 Å². The number of aryl methyl sites for hydroxylation is 1. The summed E-state index contributed by atoms with van der Waals surface area (Å²) >= 11 is 1.40. The number of amides is 1. The van der Waals surface area contributed by atoms with Crippen molar-refractivity contribution in [1.82, 2.24) is 4.31 Å². The van der Waals surface area contributed by atoms with Crippen molar-refractivity contribution in [2.24, 2.45) is 5.92 Å². The lowest BCUT2D eigenvalue weighted by Crippen LogP contribution is -2.41. The Labute approximate surface area is 210 Å². The van der Waals surface area contributed by atoms with Gasteiger partial charge < -0.3 is 5.32 Å². The minimum absolute atomic E-state index is 0.155. The third kappa shape index (κ3) is 5.50. The van der Waals surface area contributed by atoms with Gasteiger partial charge in [0, 0.05) is 35.0 Å². The minimum atomic E-state index is -3.63. The van der Waals surface area contributed by atoms with E-state index in [1.54, 1.807) is 54.6 Å². The number of anilines is 1. The van der Waals surface area contributed by atoms with Crippen molar-refractivity contribution < 1.29 is 18.0 Å². The number of sulfonamides is 1. The van der Waals surface area contributed by atoms with Gasteiger partial charge in [0.1, 0.15) is 0 Å². The van der Waals surface area contributed by atoms with Gasteiger partial charge in [-0.2, -0.15) is 4.31 Å². The first-order chi connectivity index (χ1) is 16.8. The van der Waals surface area contributed by atoms with Crippen LogP contribution in [0.3, 0.4) is 0 Å². The van der Waals surface area contributed by atoms with E-state index in [1.807, 2.05) is 31.4 Å². The van der Waals surface area contributed by atoms with Crippen LogP contribution in [-0.2, 0) is 14.8 Å². The van der Waals surface area contributed by atoms with Crippen LogP contribution < -0.4 is 5.32 Å². The summed E-state index contributed by atoms with van der Waals surface area (Å²) in [5.41, 5.74) is 2.39. The average Bonchev–Trinajstić information content (AvgIpc) is 2.89. The molecule has 0 unspecified atom stereocenters. The zero-order valence-corrected chi connectivity index (χ0v) is 21.4. The van der Waals surface area contributed by atoms with E-state index >= 15 is 0 Å². The molecule has 6 nitrogen and oxygen atoms in total. The summed E-state index contributed by atoms with van der Waals surface area (Å²) in [7, 11) is -3.63. The predicted octanol–water partition coefficient (Wildman–Crippen LogP) is 4.99. The molecule has 4 rings (SSSR count). The van der Waals surface area contributed by atoms with E-state index in [9.17, 15) is 18.0 Å². The maximum atomic E-state index is 13.2. The molecule has 1 heterocycles. The molecule has 1 fully saturated rings. The van der Waals surface area contributed by atoms with Gasteiger partial charge in [0.2, 0.25) is 15.9 Å². The largest absolute Gasteiger partial charge is 0.325 e. The summed E-state index contributed by atoms with van der Waals surface area (Å²) in [5.74, 6) is -0.686. The minimum Gasteiger partial charge on any atom is -0.325 e. The molecule has 0 radical (unpaired) electrons. The summed E-state index contributed by atoms with van der Waals surface area (Å²) in [4.78, 5) is 27.2. The number of carbonyl (C=O) groups is 2. The number of hydrogen-bond acceptors (Lipinski definition) is 5. The first-order valence-electron chi connectivity index (χ1n) is 11.5. The highest BCUT2D eigenvalue weighted by Gasteiger charge is 2.33. The highest BCUT2D eigenvalue weighted by atomic mass is 32.2. The van der Waals surface area contributed by atoms with Gasteiger partial charge in [0.05, 0.1) is 10.6 Å². The molecule has 1 saturated heterocycles. The van der Waals surface area contributed by atoms with Gasteiger partial charge in [-0.25, -0.2) is 8.42 Å². The maximum absolute atomic E-state index is 13.2. The summed E-state index contributed by atoms with van der Waals surface area (Å²) < 4.78 is 27.9. The Morgan fingerprint density at radius 1 is 0.943 bits per heavy atom. The quantitative estimate of drug-likeness (QED) is 0.359. The van der Waals surface area contributed by atoms with E-state index in [0.29, 0.717) is 39.4 Å². The molecule has 0 atom stereocenters. The van der Waals surface area contributed by atoms with E-state index in [-0.39, 0.29) is 30.7 Å². The smallest absolute Gasteiger partial charge is 0.244 e. The Hall–Kier alpha value is -2.94. The van der Waals surface area contributed by atoms with Crippen molar-refractivity contribution in [1.29, 1.82) is 0 Å². The number of carbonyl (C=O) groups excluding carboxylic acids is 2. The van der Waals surface area contributed by atoms with E-state index < -0.39 is 10.0 Å². The van der Waals surface area contributed by atoms with Crippen molar-refractivity contribution in [3.8, 4) is 0 Å². The van der Waals surface area contributed by atoms with Crippen LogP contribution in [0.25, 0.3) is 0 Å². The summed E-state index contributed by atoms with van der Waals surface area (Å²) in [6.45, 7) is 2.44. The molecule has 1 aliphatic rings. The molecule has 182 valence electrons. The number of nitrogens with one attached hydrogen (secondary N) is 1. The molecular formula is C27H28N2O4S2. The van der Waals surface area contributed by atoms with E-state index in [1.165, 1.54) is 16.1 Å². The van der Waals surface area contributed by atoms with Crippen LogP contribution in [0.1, 0.15) is 34.3 Å². The highest BCUT2D eigenvalue weighted by Crippen LogP contribution is 2.30. The third-order valence-electron chi connectivity index (χ3n) is 6.23. The van der Waals surface area contributed by atoms with Crippen molar-refractivity contribution in [2.75, 3.05) is 24.7 Å². The molecule has 35 heavy (non-hydrogen) atoms. The van der Waals surface area contributed by atoms with E-state index in [0.717, 1.165) is 5.56 Å². The van der Waals surface area contributed by atoms with Crippen LogP contribution in [0.4, 0.5) is 5.69 Å². The van der Waals surface area contributed by atoms with Gasteiger partial charge in [-0.1, -0.05) is 54.1 Å². The van der Waals surface area contributed by atoms with E-state index in [4.69, 9.17) is 0 Å². The normalized spacial score (nSPS) is 15.0. The second-order valence-corrected chi connectivity index (χ2v) is 11.3. The number of benzene rings is 3. The lowest BCUT2D eigenvalue weighted by molar-refractivity contribution is -0.120. The molecule has 0 aliphatic carbocycles. The zero-order chi connectivity index (χ0) is 25.0. The predicted molar refractivity (Wildman–Crippen MR) is 139 cm³/mol. The number of nitrogens with zero attached hydrogens (tertiary/aromatic N) is 1. The molecule has 1 N–H and O–H groups in total. The van der Waals surface area contributed by atoms with Gasteiger partial charge in [-0.15, -0.1) is 11.8 Å². The Balaban J connectivity index is 1.46. The molecule has 8 heteroatoms. The average molecular weight is 509 g/mol. The van der Waals surface area contributed by atoms with E-state index in [2.05, 4.69) is 5.32 Å². The fourth-order valence-corrected chi connectivity index (χ4v) is 6.86. The number of hydrogen-bond donors (Lipinski definition) is 1. The monoisotopic (exact) mass is 508 g/mol. The maximum Gasteiger partial charge on any atom is 0.244 e. The Kier molecular flexibility index (Phi) is 7.74. The first-order valence-corrected chi connectivity index (χ1v) is 14.1. The van der Waals surface area contributed by atoms with Gasteiger partial charge in [-0.05, 0) is 50.3 Å². The number of rotatable bonds is 7. The topological polar surface area (TPSA) is 83.6 Å². The highest BCUT2D eigenvalue weighted by molar-refractivity contribution is 7.99. The van der Waals surface area contributed by atoms with Crippen LogP contribution in [0.2, 0.25) is 0 Å². The number of thioether (sulfide) groups is 1. The second kappa shape index (κ2) is 10.8. The molecule has 3 aromatic rings. The summed E-state index contributed by atoms with van der Waals surface area (Å²) in [5, 5.41) is 2.93. The van der Waals surface area contributed by atoms with Crippen molar-refractivity contribution >= 4 is 39.2 Å². The Morgan fingerprint density at radius 3 is 2.29 bits per heavy atom. The second-order valence-electron chi connectivity index (χ2n) is 8.56. The Morgan fingerprint density at radius 2 is 1.60 bits per heavy atom. The SMILES string of the molecule is CSc1ccccc1S(=O)(=O)N1CCC(C(=O)Nc2ccc(C)cc2C(=O)c2ccccc2)CC1. The van der Waals surface area contributed by atoms with Crippen LogP contribution in [0.5, 0.6) is 0 Å². The van der Waals surface area contributed by atoms with Crippen molar-refractivity contribution in [3.05, 3.63) is 89.5 Å². The summed E-state index contributed by atoms with van der Waals surface area (Å²) in [6, 6.07) is 21.3. The molecule has 1 aliphatic heterocycles. The van der Waals surface area contributed by atoms with Crippen LogP contribution in [0, 0.1) is 12.8 Å². The first kappa shape index (κ1) is 25.2. The van der Waals surface area contributed by atoms with Crippen LogP contribution >= 0.6 is 11.8 Å². The fraction of sp³-hybridized carbons (Fsp3) is 0.259. The van der Waals surface area contributed by atoms with Crippen LogP contribution in [-0.4, -0.2) is 43.8 Å². The van der Waals surface area contributed by atoms with Crippen molar-refractivity contribution in [2.45, 2.75) is 29.6 Å². The standard InChI is InChI=1S/C27H28N2O4S2/c1-19-12-13-23(22(18-19)26(30)20-8-4-3-5-9-20)28-27(31)21-14-16-29(17-15-21)35(32,33)25-11-7-6-10-24(25)34-2/h3-13,18,21H,14-17H2,1-2H3,(H,28,31). The molecule has 3 aromatic carbocycles. The molecular weight excluding hydrogens is 480 g/mol. The molecule has 0 bridgehead atoms. The fourth-order valence-electron chi connectivity index (χ4n) is 4.26.